The molecule has 3 aromatic heterocycles. The third-order valence-electron chi connectivity index (χ3n) is 6.63. The number of anilines is 1. The Hall–Kier alpha value is -2.71. The lowest BCUT2D eigenvalue weighted by Gasteiger charge is -2.33. The molecule has 2 saturated carbocycles. The molecule has 3 heterocycles. The maximum atomic E-state index is 12.4. The molecule has 1 amide bonds. The topological polar surface area (TPSA) is 125 Å². The number of amides is 1. The lowest BCUT2D eigenvalue weighted by atomic mass is 9.82. The molecule has 34 heavy (non-hydrogen) atoms. The third kappa shape index (κ3) is 4.14. The molecule has 3 atom stereocenters. The Kier molecular flexibility index (Phi) is 5.76. The van der Waals surface area contributed by atoms with Crippen LogP contribution >= 0.6 is 22.9 Å². The number of hydrogen-bond donors (Lipinski definition) is 4. The Morgan fingerprint density at radius 1 is 1.32 bits per heavy atom. The molecular formula is C23H25ClN6O3S. The van der Waals surface area contributed by atoms with E-state index in [4.69, 9.17) is 11.6 Å². The molecule has 3 aromatic rings. The van der Waals surface area contributed by atoms with E-state index in [1.54, 1.807) is 23.9 Å². The van der Waals surface area contributed by atoms with E-state index in [0.717, 1.165) is 17.7 Å². The number of imidazole rings is 1. The number of carbonyl (C=O) groups is 1. The Morgan fingerprint density at radius 3 is 2.79 bits per heavy atom. The summed E-state index contributed by atoms with van der Waals surface area (Å²) >= 11 is 7.37. The van der Waals surface area contributed by atoms with Crippen LogP contribution in [-0.2, 0) is 11.3 Å². The van der Waals surface area contributed by atoms with Crippen molar-refractivity contribution in [3.8, 4) is 11.8 Å². The second-order valence-corrected chi connectivity index (χ2v) is 10.9. The molecule has 9 nitrogen and oxygen atoms in total. The summed E-state index contributed by atoms with van der Waals surface area (Å²) in [5.41, 5.74) is -1.52. The van der Waals surface area contributed by atoms with E-state index in [1.165, 1.54) is 18.4 Å². The first-order valence-electron chi connectivity index (χ1n) is 11.1. The highest BCUT2D eigenvalue weighted by molar-refractivity contribution is 7.16. The second kappa shape index (κ2) is 8.50. The first-order chi connectivity index (χ1) is 16.2. The fourth-order valence-electron chi connectivity index (χ4n) is 4.46. The molecule has 2 aliphatic carbocycles. The van der Waals surface area contributed by atoms with Crippen LogP contribution in [0.2, 0.25) is 4.34 Å². The van der Waals surface area contributed by atoms with Gasteiger partial charge >= 0.3 is 0 Å². The van der Waals surface area contributed by atoms with Crippen molar-refractivity contribution in [3.05, 3.63) is 33.5 Å². The molecule has 178 valence electrons. The Morgan fingerprint density at radius 2 is 2.12 bits per heavy atom. The zero-order chi connectivity index (χ0) is 24.1. The fourth-order valence-corrected chi connectivity index (χ4v) is 5.36. The third-order valence-corrected chi connectivity index (χ3v) is 7.78. The summed E-state index contributed by atoms with van der Waals surface area (Å²) < 4.78 is 2.35. The van der Waals surface area contributed by atoms with E-state index in [9.17, 15) is 15.0 Å². The van der Waals surface area contributed by atoms with Gasteiger partial charge in [0.15, 0.2) is 17.0 Å². The molecular weight excluding hydrogens is 476 g/mol. The minimum Gasteiger partial charge on any atom is -0.389 e. The second-order valence-electron chi connectivity index (χ2n) is 9.22. The SMILES string of the molecule is CNC(=O)C1(C)CC[C@@](O)(Cn2cnc3c(NC4CC4)nc(C#Cc4ccc(Cl)s4)nc32)[C@@H]1O. The minimum absolute atomic E-state index is 0.0323. The van der Waals surface area contributed by atoms with Gasteiger partial charge in [-0.1, -0.05) is 11.6 Å². The van der Waals surface area contributed by atoms with Gasteiger partial charge in [-0.05, 0) is 56.6 Å². The quantitative estimate of drug-likeness (QED) is 0.395. The highest BCUT2D eigenvalue weighted by Crippen LogP contribution is 2.45. The molecule has 0 spiro atoms. The van der Waals surface area contributed by atoms with Crippen LogP contribution in [-0.4, -0.2) is 60.4 Å². The summed E-state index contributed by atoms with van der Waals surface area (Å²) in [7, 11) is 1.53. The monoisotopic (exact) mass is 500 g/mol. The van der Waals surface area contributed by atoms with Gasteiger partial charge < -0.3 is 25.4 Å². The van der Waals surface area contributed by atoms with Gasteiger partial charge in [0.05, 0.1) is 33.6 Å². The summed E-state index contributed by atoms with van der Waals surface area (Å²) in [5.74, 6) is 6.65. The molecule has 2 aliphatic rings. The maximum absolute atomic E-state index is 12.4. The molecule has 4 N–H and O–H groups in total. The van der Waals surface area contributed by atoms with Gasteiger partial charge in [-0.15, -0.1) is 11.3 Å². The molecule has 11 heteroatoms. The van der Waals surface area contributed by atoms with Crippen molar-refractivity contribution < 1.29 is 15.0 Å². The normalized spacial score (nSPS) is 26.3. The van der Waals surface area contributed by atoms with Crippen molar-refractivity contribution in [1.82, 2.24) is 24.8 Å². The van der Waals surface area contributed by atoms with Crippen molar-refractivity contribution in [2.45, 2.75) is 56.9 Å². The maximum Gasteiger partial charge on any atom is 0.228 e. The van der Waals surface area contributed by atoms with Gasteiger partial charge in [0.2, 0.25) is 11.7 Å². The van der Waals surface area contributed by atoms with E-state index in [2.05, 4.69) is 37.4 Å². The number of rotatable bonds is 5. The van der Waals surface area contributed by atoms with Crippen LogP contribution in [0.1, 0.15) is 43.3 Å². The molecule has 0 aliphatic heterocycles. The van der Waals surface area contributed by atoms with Crippen LogP contribution in [0, 0.1) is 17.3 Å². The average Bonchev–Trinajstić information content (AvgIpc) is 3.32. The number of hydrogen-bond acceptors (Lipinski definition) is 8. The van der Waals surface area contributed by atoms with Crippen LogP contribution in [0.25, 0.3) is 11.2 Å². The average molecular weight is 501 g/mol. The standard InChI is InChI=1S/C23H25ClN6O3S/c1-22(21(32)25-2)9-10-23(33,20(22)31)11-30-12-26-17-18(27-13-3-4-13)28-16(29-19(17)30)8-6-14-5-7-15(24)34-14/h5,7,12-13,20,31,33H,3-4,9-11H2,1-2H3,(H,25,32)(H,27,28,29)/t20-,22?,23-/m1/s1. The number of carbonyl (C=O) groups excluding carboxylic acids is 1. The van der Waals surface area contributed by atoms with E-state index in [0.29, 0.717) is 39.6 Å². The van der Waals surface area contributed by atoms with Crippen molar-refractivity contribution in [3.63, 3.8) is 0 Å². The number of aliphatic hydroxyl groups is 2. The highest BCUT2D eigenvalue weighted by atomic mass is 35.5. The van der Waals surface area contributed by atoms with Crippen molar-refractivity contribution in [2.24, 2.45) is 5.41 Å². The van der Waals surface area contributed by atoms with Crippen molar-refractivity contribution in [2.75, 3.05) is 12.4 Å². The van der Waals surface area contributed by atoms with Crippen LogP contribution in [0.15, 0.2) is 18.5 Å². The predicted molar refractivity (Wildman–Crippen MR) is 130 cm³/mol. The zero-order valence-corrected chi connectivity index (χ0v) is 20.4. The molecule has 0 radical (unpaired) electrons. The van der Waals surface area contributed by atoms with Gasteiger partial charge in [-0.3, -0.25) is 4.79 Å². The van der Waals surface area contributed by atoms with Crippen LogP contribution < -0.4 is 10.6 Å². The van der Waals surface area contributed by atoms with Crippen LogP contribution in [0.3, 0.4) is 0 Å². The lowest BCUT2D eigenvalue weighted by Crippen LogP contribution is -2.52. The van der Waals surface area contributed by atoms with E-state index in [-0.39, 0.29) is 18.9 Å². The smallest absolute Gasteiger partial charge is 0.228 e. The summed E-state index contributed by atoms with van der Waals surface area (Å²) in [6, 6.07) is 3.97. The predicted octanol–water partition coefficient (Wildman–Crippen LogP) is 2.15. The number of aliphatic hydroxyl groups excluding tert-OH is 1. The van der Waals surface area contributed by atoms with Gasteiger partial charge in [0, 0.05) is 13.1 Å². The van der Waals surface area contributed by atoms with Gasteiger partial charge in [-0.25, -0.2) is 15.0 Å². The largest absolute Gasteiger partial charge is 0.389 e. The van der Waals surface area contributed by atoms with Crippen molar-refractivity contribution >= 4 is 45.8 Å². The molecule has 0 aromatic carbocycles. The first-order valence-corrected chi connectivity index (χ1v) is 12.3. The number of nitrogens with zero attached hydrogens (tertiary/aromatic N) is 4. The number of nitrogens with one attached hydrogen (secondary N) is 2. The Balaban J connectivity index is 1.51. The lowest BCUT2D eigenvalue weighted by molar-refractivity contribution is -0.144. The van der Waals surface area contributed by atoms with Gasteiger partial charge in [0.25, 0.3) is 0 Å². The molecule has 2 fully saturated rings. The molecule has 1 unspecified atom stereocenters. The molecule has 5 rings (SSSR count). The summed E-state index contributed by atoms with van der Waals surface area (Å²) in [6.45, 7) is 1.70. The number of aromatic nitrogens is 4. The Bertz CT molecular complexity index is 1330. The number of thiophene rings is 1. The molecule has 0 bridgehead atoms. The zero-order valence-electron chi connectivity index (χ0n) is 18.8. The number of fused-ring (bicyclic) bond motifs is 1. The highest BCUT2D eigenvalue weighted by Gasteiger charge is 2.57. The fraction of sp³-hybridized carbons (Fsp3) is 0.478. The van der Waals surface area contributed by atoms with Crippen molar-refractivity contribution in [1.29, 1.82) is 0 Å². The van der Waals surface area contributed by atoms with E-state index in [1.807, 2.05) is 6.07 Å². The van der Waals surface area contributed by atoms with E-state index < -0.39 is 17.1 Å². The summed E-state index contributed by atoms with van der Waals surface area (Å²) in [6.07, 6.45) is 3.08. The number of halogens is 1. The van der Waals surface area contributed by atoms with Gasteiger partial charge in [-0.2, -0.15) is 0 Å². The summed E-state index contributed by atoms with van der Waals surface area (Å²) in [4.78, 5) is 26.9. The van der Waals surface area contributed by atoms with E-state index >= 15 is 0 Å². The molecule has 0 saturated heterocycles. The minimum atomic E-state index is -1.51. The van der Waals surface area contributed by atoms with Gasteiger partial charge in [0.1, 0.15) is 5.60 Å². The Labute approximate surface area is 205 Å². The van der Waals surface area contributed by atoms with Crippen LogP contribution in [0.5, 0.6) is 0 Å². The summed E-state index contributed by atoms with van der Waals surface area (Å²) in [5, 5.41) is 28.3. The van der Waals surface area contributed by atoms with Crippen LogP contribution in [0.4, 0.5) is 5.82 Å². The first kappa shape index (κ1) is 23.1.